The summed E-state index contributed by atoms with van der Waals surface area (Å²) in [5, 5.41) is 9.80. The van der Waals surface area contributed by atoms with Gasteiger partial charge in [0.15, 0.2) is 0 Å². The number of alkyl halides is 3. The first-order valence-corrected chi connectivity index (χ1v) is 12.8. The van der Waals surface area contributed by atoms with Gasteiger partial charge in [-0.25, -0.2) is 4.79 Å². The average molecular weight is 505 g/mol. The number of anilines is 2. The highest BCUT2D eigenvalue weighted by molar-refractivity contribution is 5.89. The lowest BCUT2D eigenvalue weighted by atomic mass is 9.89. The van der Waals surface area contributed by atoms with Crippen molar-refractivity contribution in [1.29, 1.82) is 0 Å². The Kier molecular flexibility index (Phi) is 8.61. The standard InChI is InChI=1S/C27H35F3N4O2/c1-2-36-23-15-11-20(12-16-23)32-26(35)33-25-8-4-3-7-24(25)31-21-6-5-17-34(18-21)22-13-9-19(10-14-22)27(28,29)30/h9-16,21,24-25,31H,2-8,17-18H2,1H3,(H2,32,33,35). The van der Waals surface area contributed by atoms with Crippen molar-refractivity contribution in [3.05, 3.63) is 54.1 Å². The van der Waals surface area contributed by atoms with E-state index in [0.717, 1.165) is 75.2 Å². The molecule has 0 spiro atoms. The van der Waals surface area contributed by atoms with Crippen LogP contribution < -0.4 is 25.6 Å². The van der Waals surface area contributed by atoms with E-state index in [1.165, 1.54) is 0 Å². The van der Waals surface area contributed by atoms with Crippen LogP contribution >= 0.6 is 0 Å². The van der Waals surface area contributed by atoms with Gasteiger partial charge in [-0.1, -0.05) is 12.8 Å². The van der Waals surface area contributed by atoms with Crippen molar-refractivity contribution in [3.8, 4) is 5.75 Å². The van der Waals surface area contributed by atoms with Gasteiger partial charge in [-0.15, -0.1) is 0 Å². The van der Waals surface area contributed by atoms with E-state index in [1.54, 1.807) is 12.1 Å². The summed E-state index contributed by atoms with van der Waals surface area (Å²) < 4.78 is 44.2. The number of nitrogens with zero attached hydrogens (tertiary/aromatic N) is 1. The molecule has 1 heterocycles. The van der Waals surface area contributed by atoms with Crippen molar-refractivity contribution in [1.82, 2.24) is 10.6 Å². The SMILES string of the molecule is CCOc1ccc(NC(=O)NC2CCCCC2NC2CCCN(c3ccc(C(F)(F)F)cc3)C2)cc1. The van der Waals surface area contributed by atoms with Crippen molar-refractivity contribution < 1.29 is 22.7 Å². The number of piperidine rings is 1. The highest BCUT2D eigenvalue weighted by atomic mass is 19.4. The van der Waals surface area contributed by atoms with Gasteiger partial charge in [0.1, 0.15) is 5.75 Å². The highest BCUT2D eigenvalue weighted by Gasteiger charge is 2.32. The number of carbonyl (C=O) groups is 1. The molecule has 36 heavy (non-hydrogen) atoms. The Bertz CT molecular complexity index is 982. The van der Waals surface area contributed by atoms with Gasteiger partial charge in [-0.3, -0.25) is 0 Å². The van der Waals surface area contributed by atoms with Crippen LogP contribution in [-0.4, -0.2) is 43.9 Å². The molecule has 2 aromatic carbocycles. The van der Waals surface area contributed by atoms with Crippen LogP contribution in [-0.2, 0) is 6.18 Å². The van der Waals surface area contributed by atoms with Crippen LogP contribution in [0, 0.1) is 0 Å². The Balaban J connectivity index is 1.31. The van der Waals surface area contributed by atoms with Crippen LogP contribution in [0.15, 0.2) is 48.5 Å². The molecular weight excluding hydrogens is 469 g/mol. The Morgan fingerprint density at radius 3 is 2.33 bits per heavy atom. The van der Waals surface area contributed by atoms with Crippen molar-refractivity contribution >= 4 is 17.4 Å². The van der Waals surface area contributed by atoms with E-state index in [2.05, 4.69) is 20.9 Å². The van der Waals surface area contributed by atoms with Crippen LogP contribution in [0.4, 0.5) is 29.3 Å². The molecule has 0 bridgehead atoms. The second-order valence-corrected chi connectivity index (χ2v) is 9.55. The molecule has 9 heteroatoms. The van der Waals surface area contributed by atoms with Gasteiger partial charge in [-0.05, 0) is 81.1 Å². The molecule has 2 aromatic rings. The lowest BCUT2D eigenvalue weighted by Crippen LogP contribution is -2.57. The van der Waals surface area contributed by atoms with Gasteiger partial charge < -0.3 is 25.6 Å². The highest BCUT2D eigenvalue weighted by Crippen LogP contribution is 2.31. The maximum Gasteiger partial charge on any atom is 0.416 e. The number of benzene rings is 2. The quantitative estimate of drug-likeness (QED) is 0.446. The van der Waals surface area contributed by atoms with Gasteiger partial charge in [-0.2, -0.15) is 13.2 Å². The van der Waals surface area contributed by atoms with Gasteiger partial charge in [0.2, 0.25) is 0 Å². The number of hydrogen-bond donors (Lipinski definition) is 3. The van der Waals surface area contributed by atoms with E-state index < -0.39 is 11.7 Å². The molecule has 196 valence electrons. The summed E-state index contributed by atoms with van der Waals surface area (Å²) in [5.41, 5.74) is 0.885. The van der Waals surface area contributed by atoms with E-state index in [1.807, 2.05) is 31.2 Å². The Hall–Kier alpha value is -2.94. The van der Waals surface area contributed by atoms with Crippen molar-refractivity contribution in [3.63, 3.8) is 0 Å². The first-order valence-electron chi connectivity index (χ1n) is 12.8. The fraction of sp³-hybridized carbons (Fsp3) is 0.519. The number of rotatable bonds is 7. The first-order chi connectivity index (χ1) is 17.3. The summed E-state index contributed by atoms with van der Waals surface area (Å²) in [6.45, 7) is 4.06. The van der Waals surface area contributed by atoms with E-state index in [-0.39, 0.29) is 24.2 Å². The lowest BCUT2D eigenvalue weighted by molar-refractivity contribution is -0.137. The molecule has 3 N–H and O–H groups in total. The molecule has 3 atom stereocenters. The number of nitrogens with one attached hydrogen (secondary N) is 3. The summed E-state index contributed by atoms with van der Waals surface area (Å²) in [7, 11) is 0. The normalized spacial score (nSPS) is 22.7. The lowest BCUT2D eigenvalue weighted by Gasteiger charge is -2.40. The second kappa shape index (κ2) is 11.9. The largest absolute Gasteiger partial charge is 0.494 e. The molecule has 2 aliphatic rings. The van der Waals surface area contributed by atoms with Gasteiger partial charge in [0.05, 0.1) is 12.2 Å². The van der Waals surface area contributed by atoms with E-state index in [0.29, 0.717) is 12.3 Å². The fourth-order valence-electron chi connectivity index (χ4n) is 5.15. The molecule has 1 aliphatic carbocycles. The Morgan fingerprint density at radius 1 is 0.972 bits per heavy atom. The molecule has 0 radical (unpaired) electrons. The summed E-state index contributed by atoms with van der Waals surface area (Å²) in [6, 6.07) is 12.9. The summed E-state index contributed by atoms with van der Waals surface area (Å²) in [5.74, 6) is 0.762. The molecule has 1 aliphatic heterocycles. The molecule has 4 rings (SSSR count). The number of ether oxygens (including phenoxy) is 1. The third-order valence-corrected chi connectivity index (χ3v) is 6.94. The van der Waals surface area contributed by atoms with Crippen LogP contribution in [0.1, 0.15) is 51.0 Å². The summed E-state index contributed by atoms with van der Waals surface area (Å²) >= 11 is 0. The van der Waals surface area contributed by atoms with Crippen molar-refractivity contribution in [2.24, 2.45) is 0 Å². The monoisotopic (exact) mass is 504 g/mol. The smallest absolute Gasteiger partial charge is 0.416 e. The van der Waals surface area contributed by atoms with Crippen LogP contribution in [0.25, 0.3) is 0 Å². The topological polar surface area (TPSA) is 65.6 Å². The van der Waals surface area contributed by atoms with Crippen LogP contribution in [0.5, 0.6) is 5.75 Å². The molecule has 2 amide bonds. The number of carbonyl (C=O) groups excluding carboxylic acids is 1. The van der Waals surface area contributed by atoms with Gasteiger partial charge in [0, 0.05) is 42.6 Å². The third kappa shape index (κ3) is 7.06. The zero-order valence-corrected chi connectivity index (χ0v) is 20.6. The Morgan fingerprint density at radius 2 is 1.67 bits per heavy atom. The predicted octanol–water partition coefficient (Wildman–Crippen LogP) is 5.80. The zero-order chi connectivity index (χ0) is 25.5. The molecule has 0 aromatic heterocycles. The third-order valence-electron chi connectivity index (χ3n) is 6.94. The minimum atomic E-state index is -4.33. The fourth-order valence-corrected chi connectivity index (χ4v) is 5.15. The minimum absolute atomic E-state index is 0.0166. The molecule has 6 nitrogen and oxygen atoms in total. The van der Waals surface area contributed by atoms with E-state index >= 15 is 0 Å². The predicted molar refractivity (Wildman–Crippen MR) is 136 cm³/mol. The molecule has 1 saturated carbocycles. The second-order valence-electron chi connectivity index (χ2n) is 9.55. The number of halogens is 3. The number of hydrogen-bond acceptors (Lipinski definition) is 4. The maximum atomic E-state index is 12.9. The number of amides is 2. The van der Waals surface area contributed by atoms with Gasteiger partial charge in [0.25, 0.3) is 0 Å². The average Bonchev–Trinajstić information content (AvgIpc) is 2.86. The zero-order valence-electron chi connectivity index (χ0n) is 20.6. The van der Waals surface area contributed by atoms with Crippen LogP contribution in [0.2, 0.25) is 0 Å². The van der Waals surface area contributed by atoms with Crippen LogP contribution in [0.3, 0.4) is 0 Å². The van der Waals surface area contributed by atoms with Crippen molar-refractivity contribution in [2.75, 3.05) is 29.9 Å². The minimum Gasteiger partial charge on any atom is -0.494 e. The number of urea groups is 1. The van der Waals surface area contributed by atoms with Crippen molar-refractivity contribution in [2.45, 2.75) is 69.8 Å². The van der Waals surface area contributed by atoms with Gasteiger partial charge >= 0.3 is 12.2 Å². The van der Waals surface area contributed by atoms with E-state index in [4.69, 9.17) is 4.74 Å². The maximum absolute atomic E-state index is 12.9. The van der Waals surface area contributed by atoms with E-state index in [9.17, 15) is 18.0 Å². The summed E-state index contributed by atoms with van der Waals surface area (Å²) in [6.07, 6.45) is 1.68. The first kappa shape index (κ1) is 26.1. The Labute approximate surface area is 210 Å². The molecule has 1 saturated heterocycles. The molecule has 3 unspecified atom stereocenters. The summed E-state index contributed by atoms with van der Waals surface area (Å²) in [4.78, 5) is 14.8. The molecule has 2 fully saturated rings. The molecular formula is C27H35F3N4O2.